The number of hydrogen-bond acceptors (Lipinski definition) is 5. The molecule has 4 atom stereocenters. The molecule has 0 radical (unpaired) electrons. The maximum absolute atomic E-state index is 9.67. The molecule has 2 rings (SSSR count). The zero-order valence-corrected chi connectivity index (χ0v) is 10.7. The number of rotatable bonds is 4. The number of hydrogen-bond donors (Lipinski definition) is 3. The van der Waals surface area contributed by atoms with Crippen molar-refractivity contribution in [1.82, 2.24) is 0 Å². The average Bonchev–Trinajstić information content (AvgIpc) is 2.41. The van der Waals surface area contributed by atoms with Crippen molar-refractivity contribution in [3.05, 3.63) is 0 Å². The number of aliphatic hydroxyl groups is 3. The molecular weight excluding hydrogens is 236 g/mol. The minimum absolute atomic E-state index is 0.268. The third-order valence-corrected chi connectivity index (χ3v) is 3.96. The average molecular weight is 260 g/mol. The predicted molar refractivity (Wildman–Crippen MR) is 64.9 cm³/mol. The van der Waals surface area contributed by atoms with Gasteiger partial charge >= 0.3 is 0 Å². The fourth-order valence-corrected chi connectivity index (χ4v) is 2.77. The summed E-state index contributed by atoms with van der Waals surface area (Å²) in [6.45, 7) is 0.340. The lowest BCUT2D eigenvalue weighted by molar-refractivity contribution is -0.260. The van der Waals surface area contributed by atoms with Crippen LogP contribution in [0.25, 0.3) is 0 Å². The molecule has 1 aliphatic heterocycles. The van der Waals surface area contributed by atoms with Crippen molar-refractivity contribution >= 4 is 0 Å². The van der Waals surface area contributed by atoms with Crippen molar-refractivity contribution in [3.8, 4) is 0 Å². The van der Waals surface area contributed by atoms with Gasteiger partial charge in [-0.1, -0.05) is 19.3 Å². The lowest BCUT2D eigenvalue weighted by atomic mass is 9.90. The van der Waals surface area contributed by atoms with Crippen molar-refractivity contribution in [1.29, 1.82) is 0 Å². The first kappa shape index (κ1) is 14.2. The van der Waals surface area contributed by atoms with Gasteiger partial charge in [-0.2, -0.15) is 0 Å². The lowest BCUT2D eigenvalue weighted by Crippen LogP contribution is -2.50. The van der Waals surface area contributed by atoms with E-state index in [1.165, 1.54) is 32.1 Å². The van der Waals surface area contributed by atoms with E-state index in [2.05, 4.69) is 0 Å². The Morgan fingerprint density at radius 2 is 1.83 bits per heavy atom. The van der Waals surface area contributed by atoms with Crippen LogP contribution in [0.5, 0.6) is 0 Å². The summed E-state index contributed by atoms with van der Waals surface area (Å²) < 4.78 is 11.1. The van der Waals surface area contributed by atoms with Crippen LogP contribution in [-0.2, 0) is 9.47 Å². The molecule has 1 heterocycles. The minimum Gasteiger partial charge on any atom is -0.394 e. The Labute approximate surface area is 108 Å². The highest BCUT2D eigenvalue weighted by Gasteiger charge is 2.37. The summed E-state index contributed by atoms with van der Waals surface area (Å²) in [5, 5.41) is 28.3. The molecule has 0 aromatic carbocycles. The van der Waals surface area contributed by atoms with Gasteiger partial charge in [0.1, 0.15) is 12.2 Å². The van der Waals surface area contributed by atoms with Gasteiger partial charge in [-0.25, -0.2) is 0 Å². The maximum Gasteiger partial charge on any atom is 0.160 e. The molecule has 3 N–H and O–H groups in total. The third kappa shape index (κ3) is 3.65. The van der Waals surface area contributed by atoms with Crippen molar-refractivity contribution < 1.29 is 24.8 Å². The van der Waals surface area contributed by atoms with Gasteiger partial charge in [0.25, 0.3) is 0 Å². The maximum atomic E-state index is 9.67. The van der Waals surface area contributed by atoms with E-state index in [1.807, 2.05) is 0 Å². The predicted octanol–water partition coefficient (Wildman–Crippen LogP) is 0.412. The van der Waals surface area contributed by atoms with E-state index in [0.717, 1.165) is 0 Å². The fourth-order valence-electron chi connectivity index (χ4n) is 2.77. The van der Waals surface area contributed by atoms with Gasteiger partial charge in [-0.05, 0) is 18.8 Å². The van der Waals surface area contributed by atoms with Crippen molar-refractivity contribution in [2.45, 2.75) is 63.1 Å². The normalized spacial score (nSPS) is 38.8. The van der Waals surface area contributed by atoms with Gasteiger partial charge in [0.15, 0.2) is 6.29 Å². The van der Waals surface area contributed by atoms with Crippen molar-refractivity contribution in [2.75, 3.05) is 13.2 Å². The molecule has 106 valence electrons. The highest BCUT2D eigenvalue weighted by molar-refractivity contribution is 4.82. The standard InChI is InChI=1S/C13H24O5/c14-7-11-13(16)10(15)6-12(18-11)17-8-9-4-2-1-3-5-9/h9-16H,1-8H2/t10-,11-,12+,13+/m1/s1. The van der Waals surface area contributed by atoms with Crippen LogP contribution < -0.4 is 0 Å². The molecule has 0 unspecified atom stereocenters. The van der Waals surface area contributed by atoms with E-state index < -0.39 is 24.6 Å². The first-order valence-corrected chi connectivity index (χ1v) is 6.94. The monoisotopic (exact) mass is 260 g/mol. The topological polar surface area (TPSA) is 79.2 Å². The van der Waals surface area contributed by atoms with Crippen molar-refractivity contribution in [2.24, 2.45) is 5.92 Å². The Kier molecular flexibility index (Phi) is 5.38. The molecule has 1 aliphatic carbocycles. The molecule has 0 amide bonds. The first-order chi connectivity index (χ1) is 8.70. The Morgan fingerprint density at radius 3 is 2.50 bits per heavy atom. The molecule has 0 aromatic heterocycles. The summed E-state index contributed by atoms with van der Waals surface area (Å²) in [7, 11) is 0. The third-order valence-electron chi connectivity index (χ3n) is 3.96. The van der Waals surface area contributed by atoms with E-state index in [1.54, 1.807) is 0 Å². The zero-order valence-electron chi connectivity index (χ0n) is 10.7. The van der Waals surface area contributed by atoms with Gasteiger partial charge in [0.2, 0.25) is 0 Å². The lowest BCUT2D eigenvalue weighted by Gasteiger charge is -2.36. The number of aliphatic hydroxyl groups excluding tert-OH is 3. The summed E-state index contributed by atoms with van der Waals surface area (Å²) in [5.41, 5.74) is 0. The summed E-state index contributed by atoms with van der Waals surface area (Å²) >= 11 is 0. The molecule has 1 saturated heterocycles. The molecule has 5 nitrogen and oxygen atoms in total. The van der Waals surface area contributed by atoms with Crippen LogP contribution >= 0.6 is 0 Å². The zero-order chi connectivity index (χ0) is 13.0. The first-order valence-electron chi connectivity index (χ1n) is 6.94. The Bertz CT molecular complexity index is 242. The van der Waals surface area contributed by atoms with E-state index in [-0.39, 0.29) is 13.0 Å². The van der Waals surface area contributed by atoms with Gasteiger partial charge in [-0.15, -0.1) is 0 Å². The van der Waals surface area contributed by atoms with Crippen LogP contribution in [0.3, 0.4) is 0 Å². The Morgan fingerprint density at radius 1 is 1.11 bits per heavy atom. The second kappa shape index (κ2) is 6.82. The van der Waals surface area contributed by atoms with Crippen LogP contribution in [0.1, 0.15) is 38.5 Å². The number of ether oxygens (including phenoxy) is 2. The van der Waals surface area contributed by atoms with Crippen molar-refractivity contribution in [3.63, 3.8) is 0 Å². The fraction of sp³-hybridized carbons (Fsp3) is 1.00. The Balaban J connectivity index is 1.75. The van der Waals surface area contributed by atoms with Crippen LogP contribution in [0.15, 0.2) is 0 Å². The summed E-state index contributed by atoms with van der Waals surface area (Å²) in [4.78, 5) is 0. The minimum atomic E-state index is -1.02. The highest BCUT2D eigenvalue weighted by atomic mass is 16.7. The van der Waals surface area contributed by atoms with E-state index >= 15 is 0 Å². The molecule has 0 spiro atoms. The van der Waals surface area contributed by atoms with Gasteiger partial charge in [-0.3, -0.25) is 0 Å². The molecule has 0 aromatic rings. The molecule has 0 bridgehead atoms. The quantitative estimate of drug-likeness (QED) is 0.682. The second-order valence-electron chi connectivity index (χ2n) is 5.42. The van der Waals surface area contributed by atoms with Gasteiger partial charge in [0, 0.05) is 6.42 Å². The van der Waals surface area contributed by atoms with E-state index in [4.69, 9.17) is 14.6 Å². The smallest absolute Gasteiger partial charge is 0.160 e. The van der Waals surface area contributed by atoms with Crippen LogP contribution in [-0.4, -0.2) is 53.1 Å². The molecule has 18 heavy (non-hydrogen) atoms. The molecule has 5 heteroatoms. The Hall–Kier alpha value is -0.200. The second-order valence-corrected chi connectivity index (χ2v) is 5.42. The molecule has 2 aliphatic rings. The molecule has 1 saturated carbocycles. The van der Waals surface area contributed by atoms with E-state index in [9.17, 15) is 10.2 Å². The van der Waals surface area contributed by atoms with Crippen LogP contribution in [0.4, 0.5) is 0 Å². The summed E-state index contributed by atoms with van der Waals surface area (Å²) in [6, 6.07) is 0. The molecular formula is C13H24O5. The highest BCUT2D eigenvalue weighted by Crippen LogP contribution is 2.26. The largest absolute Gasteiger partial charge is 0.394 e. The summed E-state index contributed by atoms with van der Waals surface area (Å²) in [5.74, 6) is 0.582. The van der Waals surface area contributed by atoms with E-state index in [0.29, 0.717) is 12.5 Å². The molecule has 2 fully saturated rings. The van der Waals surface area contributed by atoms with Gasteiger partial charge in [0.05, 0.1) is 19.3 Å². The van der Waals surface area contributed by atoms with Crippen LogP contribution in [0.2, 0.25) is 0 Å². The van der Waals surface area contributed by atoms with Crippen LogP contribution in [0, 0.1) is 5.92 Å². The SMILES string of the molecule is OC[C@H]1O[C@H](OCC2CCCCC2)C[C@@H](O)[C@@H]1O. The van der Waals surface area contributed by atoms with Gasteiger partial charge < -0.3 is 24.8 Å². The summed E-state index contributed by atoms with van der Waals surface area (Å²) in [6.07, 6.45) is 3.34.